The van der Waals surface area contributed by atoms with Crippen LogP contribution < -0.4 is 4.74 Å². The Morgan fingerprint density at radius 1 is 1.06 bits per heavy atom. The molecule has 1 aliphatic heterocycles. The minimum atomic E-state index is -0.638. The van der Waals surface area contributed by atoms with E-state index in [-0.39, 0.29) is 12.7 Å². The second kappa shape index (κ2) is 12.7. The summed E-state index contributed by atoms with van der Waals surface area (Å²) in [7, 11) is 1.65. The normalized spacial score (nSPS) is 16.1. The number of ether oxygens (including phenoxy) is 2. The fourth-order valence-electron chi connectivity index (χ4n) is 4.10. The molecule has 0 unspecified atom stereocenters. The number of aliphatic hydroxyl groups excluding tert-OH is 1. The zero-order valence-electron chi connectivity index (χ0n) is 19.8. The molecule has 3 aromatic carbocycles. The van der Waals surface area contributed by atoms with Crippen molar-refractivity contribution < 1.29 is 19.4 Å². The molecule has 1 aliphatic rings. The van der Waals surface area contributed by atoms with Crippen molar-refractivity contribution in [3.63, 3.8) is 0 Å². The van der Waals surface area contributed by atoms with E-state index in [2.05, 4.69) is 10.1 Å². The summed E-state index contributed by atoms with van der Waals surface area (Å²) in [4.78, 5) is 7.93. The topological polar surface area (TPSA) is 63.5 Å². The molecule has 4 rings (SSSR count). The highest BCUT2D eigenvalue weighted by atomic mass is 35.5. The van der Waals surface area contributed by atoms with Gasteiger partial charge in [0.05, 0.1) is 32.1 Å². The molecule has 0 saturated carbocycles. The van der Waals surface area contributed by atoms with Gasteiger partial charge in [-0.25, -0.2) is 0 Å². The quantitative estimate of drug-likeness (QED) is 0.387. The number of benzene rings is 3. The van der Waals surface area contributed by atoms with Gasteiger partial charge in [0.2, 0.25) is 0 Å². The first-order chi connectivity index (χ1) is 17.1. The number of rotatable bonds is 12. The highest BCUT2D eigenvalue weighted by Gasteiger charge is 2.26. The molecule has 0 bridgehead atoms. The Morgan fingerprint density at radius 2 is 1.83 bits per heavy atom. The Bertz CT molecular complexity index is 1090. The molecule has 184 valence electrons. The van der Waals surface area contributed by atoms with Crippen LogP contribution in [0.1, 0.15) is 23.1 Å². The molecular weight excluding hydrogens is 464 g/mol. The number of methoxy groups -OCH3 is 1. The highest BCUT2D eigenvalue weighted by Crippen LogP contribution is 2.21. The van der Waals surface area contributed by atoms with Crippen molar-refractivity contribution >= 4 is 17.3 Å². The first kappa shape index (κ1) is 25.2. The lowest BCUT2D eigenvalue weighted by Crippen LogP contribution is -2.39. The lowest BCUT2D eigenvalue weighted by molar-refractivity contribution is -0.00648. The van der Waals surface area contributed by atoms with Gasteiger partial charge in [0.15, 0.2) is 0 Å². The molecule has 0 radical (unpaired) electrons. The van der Waals surface area contributed by atoms with Crippen LogP contribution in [-0.4, -0.2) is 54.7 Å². The SMILES string of the molecule is COc1ccc(C2=NO[C@H](CN(Cc3cccc(Cl)c3)C[C@@H](O)COCc3ccccc3)C2)cc1. The molecule has 0 aromatic heterocycles. The Morgan fingerprint density at radius 3 is 2.57 bits per heavy atom. The monoisotopic (exact) mass is 494 g/mol. The van der Waals surface area contributed by atoms with E-state index in [1.54, 1.807) is 7.11 Å². The fourth-order valence-corrected chi connectivity index (χ4v) is 4.32. The van der Waals surface area contributed by atoms with Crippen molar-refractivity contribution in [3.8, 4) is 5.75 Å². The van der Waals surface area contributed by atoms with Gasteiger partial charge in [-0.05, 0) is 53.1 Å². The van der Waals surface area contributed by atoms with Gasteiger partial charge < -0.3 is 19.4 Å². The van der Waals surface area contributed by atoms with Gasteiger partial charge in [-0.15, -0.1) is 0 Å². The standard InChI is InChI=1S/C28H31ClN2O4/c1-33-26-12-10-23(11-13-26)28-15-27(35-30-28)18-31(16-22-8-5-9-24(29)14-22)17-25(32)20-34-19-21-6-3-2-4-7-21/h2-14,25,27,32H,15-20H2,1H3/t25-,27+/m1/s1. The summed E-state index contributed by atoms with van der Waals surface area (Å²) in [5, 5.41) is 15.7. The van der Waals surface area contributed by atoms with E-state index in [1.165, 1.54) is 0 Å². The molecule has 0 fully saturated rings. The van der Waals surface area contributed by atoms with Gasteiger partial charge in [-0.2, -0.15) is 0 Å². The maximum atomic E-state index is 10.7. The van der Waals surface area contributed by atoms with Crippen molar-refractivity contribution in [3.05, 3.63) is 101 Å². The molecule has 6 nitrogen and oxygen atoms in total. The molecule has 0 saturated heterocycles. The number of halogens is 1. The van der Waals surface area contributed by atoms with Crippen LogP contribution in [0.15, 0.2) is 84.0 Å². The van der Waals surface area contributed by atoms with Crippen LogP contribution in [0, 0.1) is 0 Å². The average Bonchev–Trinajstić information content (AvgIpc) is 3.33. The van der Waals surface area contributed by atoms with Crippen molar-refractivity contribution in [1.29, 1.82) is 0 Å². The third kappa shape index (κ3) is 7.80. The first-order valence-corrected chi connectivity index (χ1v) is 12.1. The number of nitrogens with zero attached hydrogens (tertiary/aromatic N) is 2. The molecule has 1 N–H and O–H groups in total. The van der Waals surface area contributed by atoms with E-state index in [0.717, 1.165) is 28.2 Å². The van der Waals surface area contributed by atoms with E-state index in [9.17, 15) is 5.11 Å². The maximum Gasteiger partial charge on any atom is 0.145 e. The van der Waals surface area contributed by atoms with Crippen molar-refractivity contribution in [2.24, 2.45) is 5.16 Å². The Hall–Kier alpha value is -2.90. The van der Waals surface area contributed by atoms with Gasteiger partial charge in [-0.3, -0.25) is 4.90 Å². The molecule has 35 heavy (non-hydrogen) atoms. The molecule has 2 atom stereocenters. The van der Waals surface area contributed by atoms with Crippen molar-refractivity contribution in [2.45, 2.75) is 31.8 Å². The third-order valence-electron chi connectivity index (χ3n) is 5.80. The zero-order chi connectivity index (χ0) is 24.5. The highest BCUT2D eigenvalue weighted by molar-refractivity contribution is 6.30. The lowest BCUT2D eigenvalue weighted by Gasteiger charge is -2.27. The van der Waals surface area contributed by atoms with Crippen LogP contribution >= 0.6 is 11.6 Å². The fraction of sp³-hybridized carbons (Fsp3) is 0.321. The van der Waals surface area contributed by atoms with Gasteiger partial charge in [0.1, 0.15) is 11.9 Å². The molecular formula is C28H31ClN2O4. The summed E-state index contributed by atoms with van der Waals surface area (Å²) in [6.45, 7) is 2.41. The average molecular weight is 495 g/mol. The summed E-state index contributed by atoms with van der Waals surface area (Å²) in [5.74, 6) is 0.806. The van der Waals surface area contributed by atoms with Gasteiger partial charge >= 0.3 is 0 Å². The smallest absolute Gasteiger partial charge is 0.145 e. The van der Waals surface area contributed by atoms with Crippen molar-refractivity contribution in [1.82, 2.24) is 4.90 Å². The van der Waals surface area contributed by atoms with Crippen LogP contribution in [-0.2, 0) is 22.7 Å². The van der Waals surface area contributed by atoms with E-state index in [0.29, 0.717) is 37.7 Å². The van der Waals surface area contributed by atoms with Crippen LogP contribution in [0.2, 0.25) is 5.02 Å². The lowest BCUT2D eigenvalue weighted by atomic mass is 10.0. The molecule has 7 heteroatoms. The number of oxime groups is 1. The van der Waals surface area contributed by atoms with E-state index in [4.69, 9.17) is 25.9 Å². The van der Waals surface area contributed by atoms with Crippen LogP contribution in [0.4, 0.5) is 0 Å². The first-order valence-electron chi connectivity index (χ1n) is 11.7. The maximum absolute atomic E-state index is 10.7. The van der Waals surface area contributed by atoms with Crippen LogP contribution in [0.5, 0.6) is 5.75 Å². The number of hydrogen-bond donors (Lipinski definition) is 1. The molecule has 3 aromatic rings. The van der Waals surface area contributed by atoms with E-state index < -0.39 is 6.10 Å². The summed E-state index contributed by atoms with van der Waals surface area (Å²) >= 11 is 6.20. The predicted octanol–water partition coefficient (Wildman–Crippen LogP) is 4.92. The Labute approximate surface area is 211 Å². The summed E-state index contributed by atoms with van der Waals surface area (Å²) in [6, 6.07) is 25.5. The third-order valence-corrected chi connectivity index (χ3v) is 6.04. The molecule has 0 spiro atoms. The minimum Gasteiger partial charge on any atom is -0.497 e. The Balaban J connectivity index is 1.34. The number of hydrogen-bond acceptors (Lipinski definition) is 6. The van der Waals surface area contributed by atoms with E-state index >= 15 is 0 Å². The molecule has 0 aliphatic carbocycles. The summed E-state index contributed by atoms with van der Waals surface area (Å²) < 4.78 is 11.0. The van der Waals surface area contributed by atoms with Gasteiger partial charge in [0.25, 0.3) is 0 Å². The van der Waals surface area contributed by atoms with E-state index in [1.807, 2.05) is 78.9 Å². The summed E-state index contributed by atoms with van der Waals surface area (Å²) in [6.07, 6.45) is -0.0519. The molecule has 1 heterocycles. The van der Waals surface area contributed by atoms with Crippen LogP contribution in [0.25, 0.3) is 0 Å². The second-order valence-corrected chi connectivity index (χ2v) is 9.11. The predicted molar refractivity (Wildman–Crippen MR) is 138 cm³/mol. The summed E-state index contributed by atoms with van der Waals surface area (Å²) in [5.41, 5.74) is 4.08. The largest absolute Gasteiger partial charge is 0.497 e. The second-order valence-electron chi connectivity index (χ2n) is 8.68. The molecule has 0 amide bonds. The Kier molecular flexibility index (Phi) is 9.15. The van der Waals surface area contributed by atoms with Crippen LogP contribution in [0.3, 0.4) is 0 Å². The van der Waals surface area contributed by atoms with Gasteiger partial charge in [-0.1, -0.05) is 59.2 Å². The van der Waals surface area contributed by atoms with Crippen molar-refractivity contribution in [2.75, 3.05) is 26.8 Å². The minimum absolute atomic E-state index is 0.108. The number of aliphatic hydroxyl groups is 1. The zero-order valence-corrected chi connectivity index (χ0v) is 20.6. The van der Waals surface area contributed by atoms with Gasteiger partial charge in [0, 0.05) is 31.1 Å².